The van der Waals surface area contributed by atoms with Gasteiger partial charge in [-0.15, -0.1) is 0 Å². The average molecular weight is 316 g/mol. The molecule has 0 spiro atoms. The third-order valence-corrected chi connectivity index (χ3v) is 6.59. The van der Waals surface area contributed by atoms with Crippen molar-refractivity contribution in [3.05, 3.63) is 59.7 Å². The molecule has 2 N–H and O–H groups in total. The smallest absolute Gasteiger partial charge is 0.119 e. The first kappa shape index (κ1) is 17.0. The van der Waals surface area contributed by atoms with Gasteiger partial charge >= 0.3 is 0 Å². The SMILES string of the molecule is CCC(CC)(Pc1ccccc1C(C)O)c1ccccc1O. The van der Waals surface area contributed by atoms with Crippen LogP contribution in [0.25, 0.3) is 0 Å². The van der Waals surface area contributed by atoms with Gasteiger partial charge in [0, 0.05) is 10.7 Å². The second kappa shape index (κ2) is 7.26. The van der Waals surface area contributed by atoms with E-state index in [1.807, 2.05) is 43.3 Å². The number of para-hydroxylation sites is 1. The van der Waals surface area contributed by atoms with Crippen molar-refractivity contribution in [1.29, 1.82) is 0 Å². The summed E-state index contributed by atoms with van der Waals surface area (Å²) < 4.78 is 0. The molecule has 0 amide bonds. The van der Waals surface area contributed by atoms with Crippen molar-refractivity contribution in [3.63, 3.8) is 0 Å². The highest BCUT2D eigenvalue weighted by atomic mass is 31.1. The zero-order valence-electron chi connectivity index (χ0n) is 13.5. The molecular formula is C19H25O2P. The van der Waals surface area contributed by atoms with E-state index in [1.165, 1.54) is 5.30 Å². The highest BCUT2D eigenvalue weighted by Crippen LogP contribution is 2.50. The molecule has 0 bridgehead atoms. The summed E-state index contributed by atoms with van der Waals surface area (Å²) in [6.45, 7) is 6.16. The van der Waals surface area contributed by atoms with Gasteiger partial charge in [-0.25, -0.2) is 0 Å². The number of aliphatic hydroxyl groups excluding tert-OH is 1. The van der Waals surface area contributed by atoms with Gasteiger partial charge in [-0.1, -0.05) is 64.9 Å². The molecule has 22 heavy (non-hydrogen) atoms. The van der Waals surface area contributed by atoms with Gasteiger partial charge in [0.05, 0.1) is 6.10 Å². The normalized spacial score (nSPS) is 13.6. The average Bonchev–Trinajstić information content (AvgIpc) is 2.53. The highest BCUT2D eigenvalue weighted by Gasteiger charge is 2.32. The molecule has 2 aromatic rings. The van der Waals surface area contributed by atoms with Gasteiger partial charge in [0.2, 0.25) is 0 Å². The minimum Gasteiger partial charge on any atom is -0.508 e. The van der Waals surface area contributed by atoms with E-state index < -0.39 is 6.10 Å². The Morgan fingerprint density at radius 3 is 2.18 bits per heavy atom. The van der Waals surface area contributed by atoms with Gasteiger partial charge in [-0.2, -0.15) is 0 Å². The number of benzene rings is 2. The fourth-order valence-electron chi connectivity index (χ4n) is 2.99. The second-order valence-electron chi connectivity index (χ2n) is 5.69. The molecule has 0 radical (unpaired) electrons. The number of aliphatic hydroxyl groups is 1. The number of aromatic hydroxyl groups is 1. The molecule has 0 fully saturated rings. The molecule has 118 valence electrons. The molecule has 2 aromatic carbocycles. The van der Waals surface area contributed by atoms with Crippen LogP contribution >= 0.6 is 8.58 Å². The fraction of sp³-hybridized carbons (Fsp3) is 0.368. The number of phenols is 1. The molecule has 2 rings (SSSR count). The summed E-state index contributed by atoms with van der Waals surface area (Å²) in [6, 6.07) is 15.7. The van der Waals surface area contributed by atoms with E-state index in [1.54, 1.807) is 6.07 Å². The van der Waals surface area contributed by atoms with Crippen LogP contribution in [0.4, 0.5) is 0 Å². The minimum absolute atomic E-state index is 0.0870. The Morgan fingerprint density at radius 1 is 1.00 bits per heavy atom. The van der Waals surface area contributed by atoms with Gasteiger partial charge in [0.25, 0.3) is 0 Å². The molecule has 2 atom stereocenters. The van der Waals surface area contributed by atoms with Crippen molar-refractivity contribution < 1.29 is 10.2 Å². The lowest BCUT2D eigenvalue weighted by Gasteiger charge is -2.34. The zero-order chi connectivity index (χ0) is 16.2. The van der Waals surface area contributed by atoms with Crippen molar-refractivity contribution in [2.24, 2.45) is 0 Å². The van der Waals surface area contributed by atoms with Gasteiger partial charge in [0.1, 0.15) is 5.75 Å². The summed E-state index contributed by atoms with van der Waals surface area (Å²) >= 11 is 0. The molecule has 0 aliphatic rings. The van der Waals surface area contributed by atoms with Gasteiger partial charge in [0.15, 0.2) is 0 Å². The molecule has 0 saturated heterocycles. The predicted octanol–water partition coefficient (Wildman–Crippen LogP) is 4.46. The Labute approximate surface area is 135 Å². The Hall–Kier alpha value is -1.37. The lowest BCUT2D eigenvalue weighted by molar-refractivity contribution is 0.200. The van der Waals surface area contributed by atoms with Gasteiger partial charge < -0.3 is 10.2 Å². The third kappa shape index (κ3) is 3.34. The van der Waals surface area contributed by atoms with Crippen molar-refractivity contribution in [1.82, 2.24) is 0 Å². The summed E-state index contributed by atoms with van der Waals surface area (Å²) in [5.74, 6) is 0.369. The summed E-state index contributed by atoms with van der Waals surface area (Å²) in [6.07, 6.45) is 1.43. The topological polar surface area (TPSA) is 40.5 Å². The van der Waals surface area contributed by atoms with Crippen LogP contribution in [0.3, 0.4) is 0 Å². The first-order valence-corrected chi connectivity index (χ1v) is 8.87. The lowest BCUT2D eigenvalue weighted by atomic mass is 9.92. The Balaban J connectivity index is 2.48. The zero-order valence-corrected chi connectivity index (χ0v) is 14.5. The molecule has 0 aliphatic heterocycles. The van der Waals surface area contributed by atoms with E-state index in [4.69, 9.17) is 0 Å². The number of rotatable bonds is 6. The molecule has 2 unspecified atom stereocenters. The van der Waals surface area contributed by atoms with Crippen LogP contribution in [0.1, 0.15) is 50.8 Å². The molecule has 2 nitrogen and oxygen atoms in total. The van der Waals surface area contributed by atoms with Gasteiger partial charge in [-0.3, -0.25) is 0 Å². The molecule has 0 aliphatic carbocycles. The van der Waals surface area contributed by atoms with Crippen molar-refractivity contribution in [2.75, 3.05) is 0 Å². The van der Waals surface area contributed by atoms with E-state index in [0.29, 0.717) is 14.3 Å². The second-order valence-corrected chi connectivity index (χ2v) is 7.44. The standard InChI is InChI=1S/C19H25O2P/c1-4-19(5-2,16-11-7-8-12-17(16)21)22-18-13-9-6-10-15(18)14(3)20/h6-14,20-22H,4-5H2,1-3H3. The summed E-state index contributed by atoms with van der Waals surface area (Å²) in [4.78, 5) is 0. The maximum atomic E-state index is 10.3. The van der Waals surface area contributed by atoms with E-state index in [-0.39, 0.29) is 5.16 Å². The Bertz CT molecular complexity index is 618. The summed E-state index contributed by atoms with van der Waals surface area (Å²) in [7, 11) is 0.511. The molecular weight excluding hydrogens is 291 g/mol. The van der Waals surface area contributed by atoms with Crippen molar-refractivity contribution in [2.45, 2.75) is 44.9 Å². The quantitative estimate of drug-likeness (QED) is 0.772. The number of hydrogen-bond acceptors (Lipinski definition) is 2. The highest BCUT2D eigenvalue weighted by molar-refractivity contribution is 7.48. The van der Waals surface area contributed by atoms with Gasteiger partial charge in [-0.05, 0) is 36.7 Å². The van der Waals surface area contributed by atoms with Crippen LogP contribution in [-0.4, -0.2) is 10.2 Å². The molecule has 0 aromatic heterocycles. The first-order chi connectivity index (χ1) is 10.5. The lowest BCUT2D eigenvalue weighted by Crippen LogP contribution is -2.23. The monoisotopic (exact) mass is 316 g/mol. The maximum Gasteiger partial charge on any atom is 0.119 e. The maximum absolute atomic E-state index is 10.3. The van der Waals surface area contributed by atoms with E-state index in [9.17, 15) is 10.2 Å². The van der Waals surface area contributed by atoms with Crippen LogP contribution in [0.5, 0.6) is 5.75 Å². The fourth-order valence-corrected chi connectivity index (χ4v) is 4.82. The molecule has 0 heterocycles. The van der Waals surface area contributed by atoms with Crippen LogP contribution in [0, 0.1) is 0 Å². The molecule has 3 heteroatoms. The Kier molecular flexibility index (Phi) is 5.61. The van der Waals surface area contributed by atoms with Crippen LogP contribution < -0.4 is 5.30 Å². The largest absolute Gasteiger partial charge is 0.508 e. The summed E-state index contributed by atoms with van der Waals surface area (Å²) in [5.41, 5.74) is 2.00. The van der Waals surface area contributed by atoms with Crippen LogP contribution in [0.2, 0.25) is 0 Å². The summed E-state index contributed by atoms with van der Waals surface area (Å²) in [5, 5.41) is 21.4. The van der Waals surface area contributed by atoms with Crippen molar-refractivity contribution >= 4 is 13.9 Å². The third-order valence-electron chi connectivity index (χ3n) is 4.41. The molecule has 0 saturated carbocycles. The minimum atomic E-state index is -0.473. The van der Waals surface area contributed by atoms with E-state index >= 15 is 0 Å². The van der Waals surface area contributed by atoms with Crippen LogP contribution in [-0.2, 0) is 5.16 Å². The predicted molar refractivity (Wildman–Crippen MR) is 95.4 cm³/mol. The number of hydrogen-bond donors (Lipinski definition) is 2. The van der Waals surface area contributed by atoms with E-state index in [0.717, 1.165) is 24.0 Å². The van der Waals surface area contributed by atoms with Crippen LogP contribution in [0.15, 0.2) is 48.5 Å². The Morgan fingerprint density at radius 2 is 1.59 bits per heavy atom. The van der Waals surface area contributed by atoms with Crippen molar-refractivity contribution in [3.8, 4) is 5.75 Å². The number of phenolic OH excluding ortho intramolecular Hbond substituents is 1. The first-order valence-electron chi connectivity index (χ1n) is 7.87. The van der Waals surface area contributed by atoms with E-state index in [2.05, 4.69) is 19.9 Å².